The van der Waals surface area contributed by atoms with Crippen LogP contribution < -0.4 is 14.9 Å². The fraction of sp³-hybridized carbons (Fsp3) is 0.115. The van der Waals surface area contributed by atoms with Gasteiger partial charge >= 0.3 is 0 Å². The standard InChI is InChI=1S/C26H20Cl2N2O4S2/c1-2-33-22-13-16(9-11-21(22)34-15-17-8-10-19(27)20(28)12-17)14-23-25(32)30(26(35)36-23)29-24(31)18-6-4-3-5-7-18/h3-14H,2,15H2,1H3,(H,29,31)/b23-14+. The van der Waals surface area contributed by atoms with Crippen molar-refractivity contribution in [2.45, 2.75) is 13.5 Å². The number of nitrogens with one attached hydrogen (secondary N) is 1. The first-order valence-electron chi connectivity index (χ1n) is 10.8. The van der Waals surface area contributed by atoms with E-state index in [0.717, 1.165) is 27.9 Å². The minimum atomic E-state index is -0.421. The van der Waals surface area contributed by atoms with Crippen molar-refractivity contribution in [3.05, 3.63) is 98.4 Å². The Morgan fingerprint density at radius 1 is 1.03 bits per heavy atom. The number of amides is 2. The molecule has 0 bridgehead atoms. The Balaban J connectivity index is 1.49. The number of ether oxygens (including phenoxy) is 2. The molecule has 0 atom stereocenters. The van der Waals surface area contributed by atoms with Gasteiger partial charge in [0.2, 0.25) is 0 Å². The first-order valence-corrected chi connectivity index (χ1v) is 12.8. The molecule has 1 N–H and O–H groups in total. The monoisotopic (exact) mass is 558 g/mol. The molecule has 4 rings (SSSR count). The average molecular weight is 559 g/mol. The van der Waals surface area contributed by atoms with Gasteiger partial charge in [0.05, 0.1) is 21.6 Å². The molecule has 0 saturated carbocycles. The van der Waals surface area contributed by atoms with E-state index < -0.39 is 11.8 Å². The highest BCUT2D eigenvalue weighted by molar-refractivity contribution is 8.26. The molecule has 0 spiro atoms. The molecule has 36 heavy (non-hydrogen) atoms. The Hall–Kier alpha value is -3.04. The predicted molar refractivity (Wildman–Crippen MR) is 147 cm³/mol. The predicted octanol–water partition coefficient (Wildman–Crippen LogP) is 6.52. The molecule has 0 unspecified atom stereocenters. The first kappa shape index (κ1) is 26.0. The number of thioether (sulfide) groups is 1. The Bertz CT molecular complexity index is 1350. The molecule has 1 aliphatic heterocycles. The molecular formula is C26H20Cl2N2O4S2. The molecule has 1 saturated heterocycles. The molecule has 2 amide bonds. The van der Waals surface area contributed by atoms with Crippen LogP contribution in [0.3, 0.4) is 0 Å². The summed E-state index contributed by atoms with van der Waals surface area (Å²) in [7, 11) is 0. The molecule has 0 aromatic heterocycles. The zero-order chi connectivity index (χ0) is 25.7. The lowest BCUT2D eigenvalue weighted by molar-refractivity contribution is -0.123. The normalized spacial score (nSPS) is 14.3. The maximum atomic E-state index is 12.9. The van der Waals surface area contributed by atoms with Crippen LogP contribution in [0, 0.1) is 0 Å². The summed E-state index contributed by atoms with van der Waals surface area (Å²) in [6, 6.07) is 19.3. The van der Waals surface area contributed by atoms with Crippen molar-refractivity contribution in [3.8, 4) is 11.5 Å². The summed E-state index contributed by atoms with van der Waals surface area (Å²) < 4.78 is 11.9. The van der Waals surface area contributed by atoms with Gasteiger partial charge in [0.15, 0.2) is 15.8 Å². The first-order chi connectivity index (χ1) is 17.4. The molecule has 1 aliphatic rings. The van der Waals surface area contributed by atoms with Crippen LogP contribution in [-0.2, 0) is 11.4 Å². The summed E-state index contributed by atoms with van der Waals surface area (Å²) in [5, 5.41) is 2.01. The lowest BCUT2D eigenvalue weighted by Gasteiger charge is -2.15. The van der Waals surface area contributed by atoms with Gasteiger partial charge in [0.1, 0.15) is 6.61 Å². The maximum Gasteiger partial charge on any atom is 0.285 e. The fourth-order valence-corrected chi connectivity index (χ4v) is 4.76. The highest BCUT2D eigenvalue weighted by Gasteiger charge is 2.33. The maximum absolute atomic E-state index is 12.9. The lowest BCUT2D eigenvalue weighted by Crippen LogP contribution is -2.44. The van der Waals surface area contributed by atoms with E-state index >= 15 is 0 Å². The van der Waals surface area contributed by atoms with E-state index in [0.29, 0.717) is 38.6 Å². The van der Waals surface area contributed by atoms with Gasteiger partial charge in [-0.05, 0) is 72.7 Å². The van der Waals surface area contributed by atoms with Crippen LogP contribution in [-0.4, -0.2) is 27.8 Å². The van der Waals surface area contributed by atoms with E-state index in [4.69, 9.17) is 44.9 Å². The van der Waals surface area contributed by atoms with Gasteiger partial charge in [-0.15, -0.1) is 0 Å². The second-order valence-electron chi connectivity index (χ2n) is 7.50. The molecule has 3 aromatic rings. The Morgan fingerprint density at radius 2 is 1.81 bits per heavy atom. The Morgan fingerprint density at radius 3 is 2.53 bits per heavy atom. The van der Waals surface area contributed by atoms with Gasteiger partial charge < -0.3 is 9.47 Å². The lowest BCUT2D eigenvalue weighted by atomic mass is 10.1. The van der Waals surface area contributed by atoms with Crippen molar-refractivity contribution in [2.75, 3.05) is 6.61 Å². The van der Waals surface area contributed by atoms with Crippen molar-refractivity contribution in [2.24, 2.45) is 0 Å². The van der Waals surface area contributed by atoms with Gasteiger partial charge in [-0.2, -0.15) is 5.01 Å². The number of nitrogens with zero attached hydrogens (tertiary/aromatic N) is 1. The third-order valence-electron chi connectivity index (χ3n) is 4.99. The number of hydrogen-bond donors (Lipinski definition) is 1. The SMILES string of the molecule is CCOc1cc(/C=C2/SC(=S)N(NC(=O)c3ccccc3)C2=O)ccc1OCc1ccc(Cl)c(Cl)c1. The summed E-state index contributed by atoms with van der Waals surface area (Å²) in [6.45, 7) is 2.58. The fourth-order valence-electron chi connectivity index (χ4n) is 3.26. The topological polar surface area (TPSA) is 67.9 Å². The number of carbonyl (C=O) groups is 2. The van der Waals surface area contributed by atoms with Crippen LogP contribution in [0.2, 0.25) is 10.0 Å². The average Bonchev–Trinajstić information content (AvgIpc) is 3.13. The van der Waals surface area contributed by atoms with E-state index in [9.17, 15) is 9.59 Å². The summed E-state index contributed by atoms with van der Waals surface area (Å²) in [6.07, 6.45) is 1.69. The second kappa shape index (κ2) is 11.8. The van der Waals surface area contributed by atoms with Crippen LogP contribution >= 0.6 is 47.2 Å². The van der Waals surface area contributed by atoms with Crippen molar-refractivity contribution in [1.82, 2.24) is 10.4 Å². The van der Waals surface area contributed by atoms with Gasteiger partial charge in [-0.25, -0.2) is 0 Å². The van der Waals surface area contributed by atoms with Crippen LogP contribution in [0.15, 0.2) is 71.6 Å². The summed E-state index contributed by atoms with van der Waals surface area (Å²) in [5.41, 5.74) is 4.57. The second-order valence-corrected chi connectivity index (χ2v) is 9.99. The minimum Gasteiger partial charge on any atom is -0.490 e. The van der Waals surface area contributed by atoms with Crippen LogP contribution in [0.5, 0.6) is 11.5 Å². The van der Waals surface area contributed by atoms with Gasteiger partial charge in [-0.3, -0.25) is 15.0 Å². The van der Waals surface area contributed by atoms with Crippen LogP contribution in [0.25, 0.3) is 6.08 Å². The molecule has 0 aliphatic carbocycles. The summed E-state index contributed by atoms with van der Waals surface area (Å²) in [5.74, 6) is 0.240. The third kappa shape index (κ3) is 6.20. The highest BCUT2D eigenvalue weighted by atomic mass is 35.5. The Kier molecular flexibility index (Phi) is 8.53. The van der Waals surface area contributed by atoms with Crippen molar-refractivity contribution < 1.29 is 19.1 Å². The van der Waals surface area contributed by atoms with E-state index in [1.165, 1.54) is 0 Å². The molecule has 10 heteroatoms. The Labute approximate surface area is 228 Å². The molecule has 1 fully saturated rings. The van der Waals surface area contributed by atoms with E-state index in [2.05, 4.69) is 5.43 Å². The summed E-state index contributed by atoms with van der Waals surface area (Å²) >= 11 is 18.5. The number of rotatable bonds is 8. The van der Waals surface area contributed by atoms with Crippen molar-refractivity contribution in [3.63, 3.8) is 0 Å². The van der Waals surface area contributed by atoms with Crippen molar-refractivity contribution >= 4 is 69.4 Å². The largest absolute Gasteiger partial charge is 0.490 e. The van der Waals surface area contributed by atoms with Gasteiger partial charge in [-0.1, -0.05) is 65.3 Å². The third-order valence-corrected chi connectivity index (χ3v) is 7.03. The van der Waals surface area contributed by atoms with Gasteiger partial charge in [0.25, 0.3) is 11.8 Å². The molecule has 3 aromatic carbocycles. The molecule has 1 heterocycles. The number of thiocarbonyl (C=S) groups is 1. The van der Waals surface area contributed by atoms with Crippen LogP contribution in [0.4, 0.5) is 0 Å². The number of hydrazine groups is 1. The number of hydrogen-bond acceptors (Lipinski definition) is 6. The molecule has 184 valence electrons. The van der Waals surface area contributed by atoms with E-state index in [1.54, 1.807) is 60.7 Å². The quantitative estimate of drug-likeness (QED) is 0.251. The van der Waals surface area contributed by atoms with Crippen molar-refractivity contribution in [1.29, 1.82) is 0 Å². The molecular weight excluding hydrogens is 539 g/mol. The van der Waals surface area contributed by atoms with Gasteiger partial charge in [0, 0.05) is 5.56 Å². The van der Waals surface area contributed by atoms with E-state index in [1.807, 2.05) is 19.1 Å². The number of halogens is 2. The molecule has 0 radical (unpaired) electrons. The highest BCUT2D eigenvalue weighted by Crippen LogP contribution is 2.35. The molecule has 6 nitrogen and oxygen atoms in total. The number of benzene rings is 3. The zero-order valence-corrected chi connectivity index (χ0v) is 22.1. The smallest absolute Gasteiger partial charge is 0.285 e. The van der Waals surface area contributed by atoms with E-state index in [-0.39, 0.29) is 10.9 Å². The number of carbonyl (C=O) groups excluding carboxylic acids is 2. The van der Waals surface area contributed by atoms with Crippen LogP contribution in [0.1, 0.15) is 28.4 Å². The summed E-state index contributed by atoms with van der Waals surface area (Å²) in [4.78, 5) is 25.8. The zero-order valence-electron chi connectivity index (χ0n) is 19.0. The minimum absolute atomic E-state index is 0.238.